The van der Waals surface area contributed by atoms with Crippen molar-refractivity contribution < 1.29 is 28.5 Å². The van der Waals surface area contributed by atoms with Crippen LogP contribution in [0.2, 0.25) is 0 Å². The first kappa shape index (κ1) is 20.6. The summed E-state index contributed by atoms with van der Waals surface area (Å²) in [6.45, 7) is 7.07. The van der Waals surface area contributed by atoms with Crippen LogP contribution < -0.4 is 0 Å². The lowest BCUT2D eigenvalue weighted by Gasteiger charge is -2.16. The van der Waals surface area contributed by atoms with Crippen molar-refractivity contribution >= 4 is 11.9 Å². The van der Waals surface area contributed by atoms with Crippen molar-refractivity contribution in [1.29, 1.82) is 0 Å². The van der Waals surface area contributed by atoms with E-state index in [-0.39, 0.29) is 24.3 Å². The number of unbranched alkanes of at least 4 members (excludes halogenated alkanes) is 2. The monoisotopic (exact) mass is 342 g/mol. The van der Waals surface area contributed by atoms with E-state index in [0.29, 0.717) is 0 Å². The van der Waals surface area contributed by atoms with E-state index in [2.05, 4.69) is 4.74 Å². The molecule has 0 radical (unpaired) electrons. The summed E-state index contributed by atoms with van der Waals surface area (Å²) in [4.78, 5) is 22.1. The van der Waals surface area contributed by atoms with E-state index in [0.717, 1.165) is 32.1 Å². The maximum absolute atomic E-state index is 11.2. The molecule has 0 aromatic carbocycles. The Hall–Kier alpha value is -1.40. The van der Waals surface area contributed by atoms with Crippen LogP contribution in [0.4, 0.5) is 0 Å². The van der Waals surface area contributed by atoms with Gasteiger partial charge in [-0.2, -0.15) is 0 Å². The molecule has 0 saturated carbocycles. The molecule has 0 aromatic rings. The van der Waals surface area contributed by atoms with Crippen LogP contribution in [-0.2, 0) is 28.5 Å². The minimum Gasteiger partial charge on any atom is -0.466 e. The predicted molar refractivity (Wildman–Crippen MR) is 89.3 cm³/mol. The van der Waals surface area contributed by atoms with E-state index in [4.69, 9.17) is 14.2 Å². The van der Waals surface area contributed by atoms with Crippen LogP contribution in [0.15, 0.2) is 12.2 Å². The third kappa shape index (κ3) is 7.93. The van der Waals surface area contributed by atoms with E-state index < -0.39 is 11.8 Å². The summed E-state index contributed by atoms with van der Waals surface area (Å²) >= 11 is 0. The molecular weight excluding hydrogens is 312 g/mol. The second-order valence-corrected chi connectivity index (χ2v) is 6.58. The lowest BCUT2D eigenvalue weighted by molar-refractivity contribution is -0.145. The Labute approximate surface area is 144 Å². The molecule has 1 fully saturated rings. The molecule has 1 saturated heterocycles. The molecular formula is C18H30O6. The molecule has 1 aliphatic heterocycles. The highest BCUT2D eigenvalue weighted by Gasteiger charge is 2.39. The maximum Gasteiger partial charge on any atom is 0.330 e. The van der Waals surface area contributed by atoms with Gasteiger partial charge >= 0.3 is 11.9 Å². The third-order valence-corrected chi connectivity index (χ3v) is 3.81. The van der Waals surface area contributed by atoms with Gasteiger partial charge in [0.1, 0.15) is 6.10 Å². The summed E-state index contributed by atoms with van der Waals surface area (Å²) in [6, 6.07) is 0. The molecule has 6 heteroatoms. The molecule has 24 heavy (non-hydrogen) atoms. The molecule has 0 bridgehead atoms. The summed E-state index contributed by atoms with van der Waals surface area (Å²) in [5.74, 6) is -1.29. The molecule has 0 spiro atoms. The standard InChI is InChI=1S/C18H30O6/c1-13(22-14(2)19)9-7-6-8-10-15-16(11-12-17(20)21-5)24-18(3,4)23-15/h11-13,15-16H,6-10H2,1-5H3/b12-11+/t13-,15+,16+/m1/s1. The van der Waals surface area contributed by atoms with E-state index >= 15 is 0 Å². The predicted octanol–water partition coefficient (Wildman–Crippen LogP) is 3.14. The van der Waals surface area contributed by atoms with E-state index in [1.807, 2.05) is 20.8 Å². The zero-order valence-corrected chi connectivity index (χ0v) is 15.4. The van der Waals surface area contributed by atoms with Crippen LogP contribution in [0.3, 0.4) is 0 Å². The Morgan fingerprint density at radius 3 is 2.54 bits per heavy atom. The van der Waals surface area contributed by atoms with Crippen molar-refractivity contribution in [2.45, 2.75) is 83.9 Å². The maximum atomic E-state index is 11.2. The zero-order valence-electron chi connectivity index (χ0n) is 15.4. The molecule has 6 nitrogen and oxygen atoms in total. The number of carbonyl (C=O) groups excluding carboxylic acids is 2. The Morgan fingerprint density at radius 2 is 1.92 bits per heavy atom. The second kappa shape index (κ2) is 9.79. The Kier molecular flexibility index (Phi) is 8.42. The van der Waals surface area contributed by atoms with Gasteiger partial charge in [0.05, 0.1) is 19.3 Å². The minimum atomic E-state index is -0.653. The number of hydrogen-bond acceptors (Lipinski definition) is 6. The Balaban J connectivity index is 2.34. The normalized spacial score (nSPS) is 24.0. The number of carbonyl (C=O) groups is 2. The Bertz CT molecular complexity index is 443. The van der Waals surface area contributed by atoms with Gasteiger partial charge in [0.25, 0.3) is 0 Å². The average Bonchev–Trinajstić information content (AvgIpc) is 2.77. The van der Waals surface area contributed by atoms with E-state index in [1.165, 1.54) is 20.1 Å². The fourth-order valence-corrected chi connectivity index (χ4v) is 2.79. The highest BCUT2D eigenvalue weighted by atomic mass is 16.7. The summed E-state index contributed by atoms with van der Waals surface area (Å²) in [7, 11) is 1.34. The van der Waals surface area contributed by atoms with Gasteiger partial charge in [-0.25, -0.2) is 4.79 Å². The summed E-state index contributed by atoms with van der Waals surface area (Å²) in [5.41, 5.74) is 0. The van der Waals surface area contributed by atoms with Crippen LogP contribution in [0, 0.1) is 0 Å². The minimum absolute atomic E-state index is 0.0387. The topological polar surface area (TPSA) is 71.1 Å². The average molecular weight is 342 g/mol. The number of hydrogen-bond donors (Lipinski definition) is 0. The van der Waals surface area contributed by atoms with Crippen LogP contribution in [0.25, 0.3) is 0 Å². The molecule has 0 aliphatic carbocycles. The van der Waals surface area contributed by atoms with Gasteiger partial charge in [0, 0.05) is 13.0 Å². The molecule has 1 heterocycles. The van der Waals surface area contributed by atoms with Crippen LogP contribution in [0.1, 0.15) is 59.8 Å². The molecule has 0 aromatic heterocycles. The number of esters is 2. The van der Waals surface area contributed by atoms with Gasteiger partial charge in [0.2, 0.25) is 0 Å². The van der Waals surface area contributed by atoms with Crippen molar-refractivity contribution in [1.82, 2.24) is 0 Å². The van der Waals surface area contributed by atoms with E-state index in [1.54, 1.807) is 6.08 Å². The van der Waals surface area contributed by atoms with Crippen molar-refractivity contribution in [2.24, 2.45) is 0 Å². The van der Waals surface area contributed by atoms with Gasteiger partial charge in [-0.1, -0.05) is 12.8 Å². The highest BCUT2D eigenvalue weighted by Crippen LogP contribution is 2.31. The third-order valence-electron chi connectivity index (χ3n) is 3.81. The summed E-state index contributed by atoms with van der Waals surface area (Å²) < 4.78 is 21.4. The molecule has 3 atom stereocenters. The van der Waals surface area contributed by atoms with Crippen LogP contribution >= 0.6 is 0 Å². The van der Waals surface area contributed by atoms with Crippen molar-refractivity contribution in [3.05, 3.63) is 12.2 Å². The summed E-state index contributed by atoms with van der Waals surface area (Å²) in [6.07, 6.45) is 7.43. The fourth-order valence-electron chi connectivity index (χ4n) is 2.79. The first-order valence-corrected chi connectivity index (χ1v) is 8.52. The summed E-state index contributed by atoms with van der Waals surface area (Å²) in [5, 5.41) is 0. The van der Waals surface area contributed by atoms with Gasteiger partial charge in [-0.15, -0.1) is 0 Å². The number of ether oxygens (including phenoxy) is 4. The smallest absolute Gasteiger partial charge is 0.330 e. The number of rotatable bonds is 9. The van der Waals surface area contributed by atoms with Crippen LogP contribution in [0.5, 0.6) is 0 Å². The molecule has 0 amide bonds. The van der Waals surface area contributed by atoms with Crippen molar-refractivity contribution in [2.75, 3.05) is 7.11 Å². The first-order chi connectivity index (χ1) is 11.2. The second-order valence-electron chi connectivity index (χ2n) is 6.58. The molecule has 0 N–H and O–H groups in total. The van der Waals surface area contributed by atoms with Crippen molar-refractivity contribution in [3.8, 4) is 0 Å². The van der Waals surface area contributed by atoms with Gasteiger partial charge in [0.15, 0.2) is 5.79 Å². The first-order valence-electron chi connectivity index (χ1n) is 8.52. The molecule has 1 rings (SSSR count). The van der Waals surface area contributed by atoms with Gasteiger partial charge < -0.3 is 18.9 Å². The van der Waals surface area contributed by atoms with E-state index in [9.17, 15) is 9.59 Å². The van der Waals surface area contributed by atoms with Crippen molar-refractivity contribution in [3.63, 3.8) is 0 Å². The molecule has 1 aliphatic rings. The molecule has 138 valence electrons. The Morgan fingerprint density at radius 1 is 1.21 bits per heavy atom. The lowest BCUT2D eigenvalue weighted by atomic mass is 10.0. The molecule has 0 unspecified atom stereocenters. The van der Waals surface area contributed by atoms with Crippen LogP contribution in [-0.4, -0.2) is 43.1 Å². The lowest BCUT2D eigenvalue weighted by Crippen LogP contribution is -2.21. The van der Waals surface area contributed by atoms with Gasteiger partial charge in [-0.3, -0.25) is 4.79 Å². The number of methoxy groups -OCH3 is 1. The largest absolute Gasteiger partial charge is 0.466 e. The van der Waals surface area contributed by atoms with Gasteiger partial charge in [-0.05, 0) is 46.1 Å². The highest BCUT2D eigenvalue weighted by molar-refractivity contribution is 5.81. The fraction of sp³-hybridized carbons (Fsp3) is 0.778. The SMILES string of the molecule is COC(=O)/C=C/[C@@H]1OC(C)(C)O[C@H]1CCCCC[C@@H](C)OC(C)=O. The zero-order chi connectivity index (χ0) is 18.2. The quantitative estimate of drug-likeness (QED) is 0.364.